The molecule has 1 N–H and O–H groups in total. The van der Waals surface area contributed by atoms with Gasteiger partial charge in [0, 0.05) is 24.8 Å². The molecule has 0 spiro atoms. The summed E-state index contributed by atoms with van der Waals surface area (Å²) in [5.41, 5.74) is -0.0690. The van der Waals surface area contributed by atoms with E-state index in [2.05, 4.69) is 4.72 Å². The third-order valence-corrected chi connectivity index (χ3v) is 5.87. The molecule has 2 aromatic carbocycles. The Labute approximate surface area is 158 Å². The first-order valence-corrected chi connectivity index (χ1v) is 9.66. The summed E-state index contributed by atoms with van der Waals surface area (Å²) in [5.74, 6) is -0.150. The Hall–Kier alpha value is -2.26. The average Bonchev–Trinajstić information content (AvgIpc) is 2.98. The fraction of sp³-hybridized carbons (Fsp3) is 0.235. The van der Waals surface area contributed by atoms with Gasteiger partial charge in [-0.1, -0.05) is 11.6 Å². The van der Waals surface area contributed by atoms with Crippen LogP contribution in [0.4, 0.5) is 24.5 Å². The summed E-state index contributed by atoms with van der Waals surface area (Å²) in [5, 5.41) is -0.521. The highest BCUT2D eigenvalue weighted by Crippen LogP contribution is 2.37. The van der Waals surface area contributed by atoms with E-state index < -0.39 is 26.8 Å². The molecule has 0 atom stereocenters. The van der Waals surface area contributed by atoms with Crippen LogP contribution < -0.4 is 9.62 Å². The van der Waals surface area contributed by atoms with Gasteiger partial charge in [0.2, 0.25) is 5.91 Å². The van der Waals surface area contributed by atoms with E-state index in [0.29, 0.717) is 30.3 Å². The normalized spacial score (nSPS) is 14.2. The van der Waals surface area contributed by atoms with Gasteiger partial charge in [-0.3, -0.25) is 9.52 Å². The maximum absolute atomic E-state index is 12.9. The van der Waals surface area contributed by atoms with Gasteiger partial charge in [0.15, 0.2) is 0 Å². The van der Waals surface area contributed by atoms with E-state index in [-0.39, 0.29) is 16.5 Å². The standard InChI is InChI=1S/C17H14ClF3N2O3S/c1-10(24)23-7-6-11-8-13(3-5-16(11)23)27(25,26)22-12-2-4-15(18)14(9-12)17(19,20)21/h2-5,8-9,22H,6-7H2,1H3. The first-order valence-electron chi connectivity index (χ1n) is 7.79. The van der Waals surface area contributed by atoms with Gasteiger partial charge in [0.25, 0.3) is 10.0 Å². The van der Waals surface area contributed by atoms with Crippen molar-refractivity contribution in [2.24, 2.45) is 0 Å². The van der Waals surface area contributed by atoms with E-state index >= 15 is 0 Å². The molecule has 0 radical (unpaired) electrons. The number of amides is 1. The molecule has 0 saturated carbocycles. The van der Waals surface area contributed by atoms with Gasteiger partial charge < -0.3 is 4.90 Å². The minimum absolute atomic E-state index is 0.102. The molecule has 2 aromatic rings. The molecule has 10 heteroatoms. The molecule has 27 heavy (non-hydrogen) atoms. The molecule has 0 fully saturated rings. The van der Waals surface area contributed by atoms with Crippen LogP contribution in [0.5, 0.6) is 0 Å². The predicted octanol–water partition coefficient (Wildman–Crippen LogP) is 4.07. The van der Waals surface area contributed by atoms with Crippen LogP contribution in [-0.2, 0) is 27.4 Å². The van der Waals surface area contributed by atoms with Gasteiger partial charge in [-0.15, -0.1) is 0 Å². The Kier molecular flexibility index (Phi) is 4.85. The summed E-state index contributed by atoms with van der Waals surface area (Å²) in [6.45, 7) is 1.87. The summed E-state index contributed by atoms with van der Waals surface area (Å²) in [4.78, 5) is 13.0. The number of halogens is 4. The Morgan fingerprint density at radius 3 is 2.52 bits per heavy atom. The minimum Gasteiger partial charge on any atom is -0.312 e. The van der Waals surface area contributed by atoms with Gasteiger partial charge in [-0.25, -0.2) is 8.42 Å². The summed E-state index contributed by atoms with van der Waals surface area (Å²) in [6.07, 6.45) is -4.21. The number of carbonyl (C=O) groups is 1. The first kappa shape index (κ1) is 19.5. The van der Waals surface area contributed by atoms with Crippen LogP contribution in [0.3, 0.4) is 0 Å². The van der Waals surface area contributed by atoms with E-state index in [1.54, 1.807) is 0 Å². The highest BCUT2D eigenvalue weighted by molar-refractivity contribution is 7.92. The third-order valence-electron chi connectivity index (χ3n) is 4.16. The smallest absolute Gasteiger partial charge is 0.312 e. The maximum atomic E-state index is 12.9. The lowest BCUT2D eigenvalue weighted by Crippen LogP contribution is -2.25. The SMILES string of the molecule is CC(=O)N1CCc2cc(S(=O)(=O)Nc3ccc(Cl)c(C(F)(F)F)c3)ccc21. The van der Waals surface area contributed by atoms with Gasteiger partial charge in [0.1, 0.15) is 0 Å². The second kappa shape index (κ2) is 6.72. The summed E-state index contributed by atoms with van der Waals surface area (Å²) < 4.78 is 66.1. The summed E-state index contributed by atoms with van der Waals surface area (Å²) in [6, 6.07) is 7.02. The minimum atomic E-state index is -4.71. The summed E-state index contributed by atoms with van der Waals surface area (Å²) >= 11 is 5.54. The van der Waals surface area contributed by atoms with Crippen molar-refractivity contribution < 1.29 is 26.4 Å². The molecular weight excluding hydrogens is 405 g/mol. The van der Waals surface area contributed by atoms with Crippen molar-refractivity contribution in [3.8, 4) is 0 Å². The maximum Gasteiger partial charge on any atom is 0.417 e. The highest BCUT2D eigenvalue weighted by atomic mass is 35.5. The van der Waals surface area contributed by atoms with E-state index in [1.807, 2.05) is 0 Å². The third kappa shape index (κ3) is 3.89. The number of nitrogens with zero attached hydrogens (tertiary/aromatic N) is 1. The number of hydrogen-bond donors (Lipinski definition) is 1. The molecular formula is C17H14ClF3N2O3S. The van der Waals surface area contributed by atoms with E-state index in [1.165, 1.54) is 30.0 Å². The van der Waals surface area contributed by atoms with Crippen LogP contribution in [0, 0.1) is 0 Å². The van der Waals surface area contributed by atoms with Crippen molar-refractivity contribution in [2.75, 3.05) is 16.2 Å². The summed E-state index contributed by atoms with van der Waals surface area (Å²) in [7, 11) is -4.11. The molecule has 0 bridgehead atoms. The molecule has 1 aliphatic rings. The number of nitrogens with one attached hydrogen (secondary N) is 1. The van der Waals surface area contributed by atoms with Crippen LogP contribution in [0.25, 0.3) is 0 Å². The topological polar surface area (TPSA) is 66.5 Å². The highest BCUT2D eigenvalue weighted by Gasteiger charge is 2.34. The lowest BCUT2D eigenvalue weighted by Gasteiger charge is -2.15. The number of carbonyl (C=O) groups excluding carboxylic acids is 1. The lowest BCUT2D eigenvalue weighted by atomic mass is 10.2. The number of fused-ring (bicyclic) bond motifs is 1. The quantitative estimate of drug-likeness (QED) is 0.817. The largest absolute Gasteiger partial charge is 0.417 e. The monoisotopic (exact) mass is 418 g/mol. The number of benzene rings is 2. The van der Waals surface area contributed by atoms with Crippen LogP contribution >= 0.6 is 11.6 Å². The van der Waals surface area contributed by atoms with Gasteiger partial charge in [0.05, 0.1) is 15.5 Å². The molecule has 1 aliphatic heterocycles. The van der Waals surface area contributed by atoms with Crippen molar-refractivity contribution in [1.29, 1.82) is 0 Å². The first-order chi connectivity index (χ1) is 12.5. The molecule has 5 nitrogen and oxygen atoms in total. The molecule has 3 rings (SSSR count). The van der Waals surface area contributed by atoms with Crippen molar-refractivity contribution in [3.05, 3.63) is 52.5 Å². The zero-order valence-electron chi connectivity index (χ0n) is 14.0. The fourth-order valence-electron chi connectivity index (χ4n) is 2.89. The molecule has 1 amide bonds. The fourth-order valence-corrected chi connectivity index (χ4v) is 4.22. The zero-order valence-corrected chi connectivity index (χ0v) is 15.5. The van der Waals surface area contributed by atoms with Crippen molar-refractivity contribution in [1.82, 2.24) is 0 Å². The number of alkyl halides is 3. The number of rotatable bonds is 3. The molecule has 1 heterocycles. The van der Waals surface area contributed by atoms with Crippen LogP contribution in [0.2, 0.25) is 5.02 Å². The Morgan fingerprint density at radius 1 is 1.19 bits per heavy atom. The molecule has 0 aromatic heterocycles. The lowest BCUT2D eigenvalue weighted by molar-refractivity contribution is -0.137. The van der Waals surface area contributed by atoms with Gasteiger partial charge >= 0.3 is 6.18 Å². The van der Waals surface area contributed by atoms with Gasteiger partial charge in [-0.05, 0) is 48.4 Å². The second-order valence-electron chi connectivity index (χ2n) is 6.01. The van der Waals surface area contributed by atoms with Crippen molar-refractivity contribution in [2.45, 2.75) is 24.4 Å². The van der Waals surface area contributed by atoms with Crippen molar-refractivity contribution >= 4 is 38.9 Å². The zero-order chi connectivity index (χ0) is 20.0. The van der Waals surface area contributed by atoms with Crippen LogP contribution in [0.15, 0.2) is 41.3 Å². The van der Waals surface area contributed by atoms with E-state index in [0.717, 1.165) is 12.1 Å². The molecule has 0 aliphatic carbocycles. The van der Waals surface area contributed by atoms with Crippen molar-refractivity contribution in [3.63, 3.8) is 0 Å². The average molecular weight is 419 g/mol. The molecule has 144 valence electrons. The van der Waals surface area contributed by atoms with E-state index in [4.69, 9.17) is 11.6 Å². The molecule has 0 saturated heterocycles. The second-order valence-corrected chi connectivity index (χ2v) is 8.10. The Balaban J connectivity index is 1.92. The number of anilines is 2. The van der Waals surface area contributed by atoms with Crippen LogP contribution in [-0.4, -0.2) is 20.9 Å². The van der Waals surface area contributed by atoms with Crippen LogP contribution in [0.1, 0.15) is 18.1 Å². The Morgan fingerprint density at radius 2 is 1.89 bits per heavy atom. The Bertz CT molecular complexity index is 1020. The number of sulfonamides is 1. The number of hydrogen-bond acceptors (Lipinski definition) is 3. The van der Waals surface area contributed by atoms with E-state index in [9.17, 15) is 26.4 Å². The predicted molar refractivity (Wildman–Crippen MR) is 95.4 cm³/mol. The van der Waals surface area contributed by atoms with Gasteiger partial charge in [-0.2, -0.15) is 13.2 Å². The molecule has 0 unspecified atom stereocenters.